The largest absolute Gasteiger partial charge is 0.354 e. The zero-order chi connectivity index (χ0) is 18.3. The van der Waals surface area contributed by atoms with E-state index in [9.17, 15) is 8.42 Å². The summed E-state index contributed by atoms with van der Waals surface area (Å²) in [5.41, 5.74) is 2.16. The Bertz CT molecular complexity index is 988. The maximum absolute atomic E-state index is 11.9. The Hall–Kier alpha value is -1.42. The van der Waals surface area contributed by atoms with Crippen LogP contribution in [0.25, 0.3) is 5.52 Å². The number of hydrogen-bond acceptors (Lipinski definition) is 5. The van der Waals surface area contributed by atoms with Crippen LogP contribution in [0.4, 0.5) is 5.82 Å². The molecule has 0 radical (unpaired) electrons. The Morgan fingerprint density at radius 2 is 2.00 bits per heavy atom. The van der Waals surface area contributed by atoms with Gasteiger partial charge in [0.25, 0.3) is 10.2 Å². The molecule has 0 bridgehead atoms. The van der Waals surface area contributed by atoms with Gasteiger partial charge in [0, 0.05) is 30.6 Å². The molecule has 0 amide bonds. The molecule has 0 atom stereocenters. The van der Waals surface area contributed by atoms with Gasteiger partial charge in [0.2, 0.25) is 0 Å². The second-order valence-corrected chi connectivity index (χ2v) is 9.86. The van der Waals surface area contributed by atoms with Crippen molar-refractivity contribution in [2.75, 3.05) is 18.0 Å². The van der Waals surface area contributed by atoms with Gasteiger partial charge in [-0.3, -0.25) is 0 Å². The predicted molar refractivity (Wildman–Crippen MR) is 98.4 cm³/mol. The lowest BCUT2D eigenvalue weighted by Crippen LogP contribution is -2.68. The van der Waals surface area contributed by atoms with Crippen LogP contribution in [0.3, 0.4) is 0 Å². The molecule has 2 aromatic heterocycles. The molecular weight excluding hydrogens is 376 g/mol. The fourth-order valence-electron chi connectivity index (χ4n) is 4.72. The third-order valence-electron chi connectivity index (χ3n) is 5.93. The monoisotopic (exact) mass is 396 g/mol. The fraction of sp³-hybridized carbons (Fsp3) is 0.625. The van der Waals surface area contributed by atoms with Crippen LogP contribution in [-0.2, 0) is 10.2 Å². The lowest BCUT2D eigenvalue weighted by molar-refractivity contribution is 0.0110. The normalized spacial score (nSPS) is 22.8. The molecule has 3 aliphatic rings. The number of hydrogen-bond donors (Lipinski definition) is 1. The molecule has 10 heteroatoms. The minimum atomic E-state index is -3.61. The van der Waals surface area contributed by atoms with Gasteiger partial charge in [-0.2, -0.15) is 17.8 Å². The molecule has 1 saturated heterocycles. The topological polar surface area (TPSA) is 96.8 Å². The van der Waals surface area contributed by atoms with Gasteiger partial charge >= 0.3 is 0 Å². The highest BCUT2D eigenvalue weighted by Crippen LogP contribution is 2.53. The Morgan fingerprint density at radius 1 is 1.31 bits per heavy atom. The van der Waals surface area contributed by atoms with Crippen molar-refractivity contribution in [2.24, 2.45) is 10.6 Å². The number of anilines is 1. The fourth-order valence-corrected chi connectivity index (χ4v) is 6.21. The van der Waals surface area contributed by atoms with Gasteiger partial charge < -0.3 is 4.90 Å². The third-order valence-corrected chi connectivity index (χ3v) is 7.39. The second-order valence-electron chi connectivity index (χ2n) is 8.02. The summed E-state index contributed by atoms with van der Waals surface area (Å²) in [5.74, 6) is 0.893. The minimum absolute atomic E-state index is 0.0505. The van der Waals surface area contributed by atoms with Gasteiger partial charge in [-0.25, -0.2) is 14.6 Å². The van der Waals surface area contributed by atoms with E-state index < -0.39 is 10.2 Å². The summed E-state index contributed by atoms with van der Waals surface area (Å²) in [7, 11) is -3.61. The second kappa shape index (κ2) is 5.31. The first-order valence-electron chi connectivity index (χ1n) is 8.82. The Balaban J connectivity index is 1.32. The molecule has 0 aromatic carbocycles. The van der Waals surface area contributed by atoms with Crippen LogP contribution in [-0.4, -0.2) is 52.5 Å². The maximum atomic E-state index is 11.9. The highest BCUT2D eigenvalue weighted by atomic mass is 35.5. The average molecular weight is 397 g/mol. The minimum Gasteiger partial charge on any atom is -0.354 e. The molecule has 1 spiro atoms. The van der Waals surface area contributed by atoms with Gasteiger partial charge in [-0.05, 0) is 44.2 Å². The number of nitrogens with zero attached hydrogens (tertiary/aromatic N) is 5. The van der Waals surface area contributed by atoms with Gasteiger partial charge in [0.15, 0.2) is 5.82 Å². The van der Waals surface area contributed by atoms with Crippen molar-refractivity contribution in [3.63, 3.8) is 0 Å². The lowest BCUT2D eigenvalue weighted by Gasteiger charge is -2.60. The van der Waals surface area contributed by atoms with Crippen molar-refractivity contribution in [3.05, 3.63) is 23.1 Å². The zero-order valence-corrected chi connectivity index (χ0v) is 16.0. The Labute approximate surface area is 157 Å². The van der Waals surface area contributed by atoms with Crippen LogP contribution in [0, 0.1) is 12.3 Å². The van der Waals surface area contributed by atoms with Crippen LogP contribution < -0.4 is 10.0 Å². The smallest absolute Gasteiger partial charge is 0.277 e. The third kappa shape index (κ3) is 2.45. The maximum Gasteiger partial charge on any atom is 0.277 e. The van der Waals surface area contributed by atoms with Gasteiger partial charge in [-0.15, -0.1) is 0 Å². The van der Waals surface area contributed by atoms with Crippen LogP contribution in [0.2, 0.25) is 5.15 Å². The van der Waals surface area contributed by atoms with Crippen LogP contribution >= 0.6 is 11.6 Å². The van der Waals surface area contributed by atoms with E-state index in [1.165, 1.54) is 6.33 Å². The average Bonchev–Trinajstić information content (AvgIpc) is 3.25. The van der Waals surface area contributed by atoms with E-state index in [0.717, 1.165) is 55.7 Å². The van der Waals surface area contributed by atoms with E-state index in [4.69, 9.17) is 16.7 Å². The molecule has 3 fully saturated rings. The van der Waals surface area contributed by atoms with Crippen molar-refractivity contribution in [1.29, 1.82) is 0 Å². The summed E-state index contributed by atoms with van der Waals surface area (Å²) in [5, 5.41) is 10.2. The molecule has 2 N–H and O–H groups in total. The molecule has 0 unspecified atom stereocenters. The van der Waals surface area contributed by atoms with E-state index in [-0.39, 0.29) is 17.5 Å². The molecule has 2 aliphatic carbocycles. The first kappa shape index (κ1) is 16.7. The van der Waals surface area contributed by atoms with Gasteiger partial charge in [-0.1, -0.05) is 11.6 Å². The van der Waals surface area contributed by atoms with Crippen molar-refractivity contribution < 1.29 is 8.42 Å². The summed E-state index contributed by atoms with van der Waals surface area (Å²) in [6.45, 7) is 3.76. The SMILES string of the molecule is Cc1cc(Cl)n2ncnc(N3CC4(CC(N(C5CC5)S(N)(=O)=O)C4)C3)c12. The number of nitrogens with two attached hydrogens (primary N) is 1. The molecule has 2 aromatic rings. The quantitative estimate of drug-likeness (QED) is 0.840. The molecular formula is C16H21ClN6O2S. The molecule has 3 heterocycles. The first-order chi connectivity index (χ1) is 12.3. The molecule has 26 heavy (non-hydrogen) atoms. The van der Waals surface area contributed by atoms with E-state index in [1.807, 2.05) is 13.0 Å². The number of aromatic nitrogens is 3. The summed E-state index contributed by atoms with van der Waals surface area (Å²) >= 11 is 6.22. The van der Waals surface area contributed by atoms with Crippen LogP contribution in [0.15, 0.2) is 12.4 Å². The summed E-state index contributed by atoms with van der Waals surface area (Å²) in [4.78, 5) is 6.70. The predicted octanol–water partition coefficient (Wildman–Crippen LogP) is 1.33. The van der Waals surface area contributed by atoms with Gasteiger partial charge in [0.1, 0.15) is 17.0 Å². The zero-order valence-electron chi connectivity index (χ0n) is 14.5. The van der Waals surface area contributed by atoms with E-state index in [0.29, 0.717) is 5.15 Å². The summed E-state index contributed by atoms with van der Waals surface area (Å²) < 4.78 is 27.1. The summed E-state index contributed by atoms with van der Waals surface area (Å²) in [6, 6.07) is 2.06. The van der Waals surface area contributed by atoms with E-state index in [2.05, 4.69) is 15.0 Å². The van der Waals surface area contributed by atoms with Crippen molar-refractivity contribution >= 4 is 33.1 Å². The van der Waals surface area contributed by atoms with Gasteiger partial charge in [0.05, 0.1) is 0 Å². The van der Waals surface area contributed by atoms with E-state index in [1.54, 1.807) is 8.82 Å². The molecule has 1 aliphatic heterocycles. The molecule has 5 rings (SSSR count). The standard InChI is InChI=1S/C16H21ClN6O2S/c1-10-4-13(17)22-14(10)15(19-9-20-22)21-7-16(8-21)5-12(6-16)23(11-2-3-11)26(18,24)25/h4,9,11-12H,2-3,5-8H2,1H3,(H2,18,24,25). The summed E-state index contributed by atoms with van der Waals surface area (Å²) in [6.07, 6.45) is 5.13. The van der Waals surface area contributed by atoms with E-state index >= 15 is 0 Å². The van der Waals surface area contributed by atoms with Crippen molar-refractivity contribution in [2.45, 2.75) is 44.7 Å². The van der Waals surface area contributed by atoms with Crippen LogP contribution in [0.5, 0.6) is 0 Å². The van der Waals surface area contributed by atoms with Crippen molar-refractivity contribution in [3.8, 4) is 0 Å². The first-order valence-corrected chi connectivity index (χ1v) is 10.7. The number of halogens is 1. The highest BCUT2D eigenvalue weighted by molar-refractivity contribution is 7.86. The molecule has 8 nitrogen and oxygen atoms in total. The molecule has 2 saturated carbocycles. The molecule has 140 valence electrons. The van der Waals surface area contributed by atoms with Crippen molar-refractivity contribution in [1.82, 2.24) is 18.9 Å². The number of aryl methyl sites for hydroxylation is 1. The highest BCUT2D eigenvalue weighted by Gasteiger charge is 2.57. The Kier molecular flexibility index (Phi) is 3.42. The number of rotatable bonds is 4. The number of fused-ring (bicyclic) bond motifs is 1. The van der Waals surface area contributed by atoms with Crippen LogP contribution in [0.1, 0.15) is 31.2 Å². The Morgan fingerprint density at radius 3 is 2.62 bits per heavy atom. The lowest BCUT2D eigenvalue weighted by atomic mass is 9.60.